The van der Waals surface area contributed by atoms with Crippen LogP contribution >= 0.6 is 0 Å². The summed E-state index contributed by atoms with van der Waals surface area (Å²) in [5.74, 6) is 0.269. The van der Waals surface area contributed by atoms with E-state index in [1.807, 2.05) is 18.9 Å². The summed E-state index contributed by atoms with van der Waals surface area (Å²) in [6, 6.07) is 7.09. The van der Waals surface area contributed by atoms with Crippen molar-refractivity contribution >= 4 is 12.0 Å². The van der Waals surface area contributed by atoms with Crippen LogP contribution in [0, 0.1) is 13.8 Å². The van der Waals surface area contributed by atoms with Gasteiger partial charge in [-0.15, -0.1) is 0 Å². The van der Waals surface area contributed by atoms with Crippen molar-refractivity contribution in [3.63, 3.8) is 0 Å². The van der Waals surface area contributed by atoms with Crippen molar-refractivity contribution in [3.05, 3.63) is 59.5 Å². The van der Waals surface area contributed by atoms with E-state index in [2.05, 4.69) is 15.1 Å². The Balaban J connectivity index is 1.93. The molecule has 0 bridgehead atoms. The van der Waals surface area contributed by atoms with E-state index in [1.165, 1.54) is 29.2 Å². The van der Waals surface area contributed by atoms with Crippen molar-refractivity contribution in [2.75, 3.05) is 13.6 Å². The number of halogens is 3. The van der Waals surface area contributed by atoms with Crippen LogP contribution in [0.2, 0.25) is 0 Å². The van der Waals surface area contributed by atoms with Gasteiger partial charge in [-0.1, -0.05) is 0 Å². The Morgan fingerprint density at radius 1 is 1.23 bits per heavy atom. The van der Waals surface area contributed by atoms with Crippen LogP contribution < -0.4 is 4.74 Å². The predicted octanol–water partition coefficient (Wildman–Crippen LogP) is 5.31. The van der Waals surface area contributed by atoms with Gasteiger partial charge in [0.2, 0.25) is 5.88 Å². The van der Waals surface area contributed by atoms with Crippen LogP contribution in [0.3, 0.4) is 0 Å². The minimum absolute atomic E-state index is 0.0372. The molecule has 0 amide bonds. The summed E-state index contributed by atoms with van der Waals surface area (Å²) in [4.78, 5) is 10.7. The number of hydrogen-bond donors (Lipinski definition) is 0. The topological polar surface area (TPSA) is 55.5 Å². The number of hydrogen-bond acceptors (Lipinski definition) is 4. The summed E-state index contributed by atoms with van der Waals surface area (Å²) in [7, 11) is 1.90. The third kappa shape index (κ3) is 4.79. The number of aryl methyl sites for hydroxylation is 2. The fourth-order valence-electron chi connectivity index (χ4n) is 2.67. The second-order valence-electron chi connectivity index (χ2n) is 6.76. The van der Waals surface area contributed by atoms with Gasteiger partial charge in [-0.25, -0.2) is 14.7 Å². The van der Waals surface area contributed by atoms with Crippen molar-refractivity contribution in [1.82, 2.24) is 19.7 Å². The molecule has 0 radical (unpaired) electrons. The molecule has 1 aromatic carbocycles. The van der Waals surface area contributed by atoms with E-state index < -0.39 is 11.7 Å². The van der Waals surface area contributed by atoms with Crippen molar-refractivity contribution in [3.8, 4) is 17.3 Å². The van der Waals surface area contributed by atoms with Gasteiger partial charge in [-0.05, 0) is 51.1 Å². The lowest BCUT2D eigenvalue weighted by molar-refractivity contribution is -0.137. The monoisotopic (exact) mass is 417 g/mol. The standard InChI is InChI=1S/C21H22F3N5O/c1-5-28(4)13-25-18-11-14(2)20(27-15(18)3)30-16-7-8-19(29-10-6-9-26-29)17(12-16)21(22,23)24/h6-13H,5H2,1-4H3. The summed E-state index contributed by atoms with van der Waals surface area (Å²) in [5, 5.41) is 3.89. The fraction of sp³-hybridized carbons (Fsp3) is 0.286. The van der Waals surface area contributed by atoms with E-state index in [-0.39, 0.29) is 17.3 Å². The SMILES string of the molecule is CCN(C)C=Nc1cc(C)c(Oc2ccc(-n3cccn3)c(C(F)(F)F)c2)nc1C. The van der Waals surface area contributed by atoms with Gasteiger partial charge < -0.3 is 9.64 Å². The molecule has 0 atom stereocenters. The van der Waals surface area contributed by atoms with Crippen LogP contribution in [0.15, 0.2) is 47.7 Å². The first-order valence-electron chi connectivity index (χ1n) is 9.31. The van der Waals surface area contributed by atoms with Crippen LogP contribution in [-0.2, 0) is 6.18 Å². The average Bonchev–Trinajstić information content (AvgIpc) is 3.23. The summed E-state index contributed by atoms with van der Waals surface area (Å²) in [6.45, 7) is 6.36. The highest BCUT2D eigenvalue weighted by Crippen LogP contribution is 2.37. The Kier molecular flexibility index (Phi) is 6.09. The molecule has 0 unspecified atom stereocenters. The van der Waals surface area contributed by atoms with E-state index in [0.29, 0.717) is 16.9 Å². The number of pyridine rings is 1. The van der Waals surface area contributed by atoms with Gasteiger partial charge in [0.05, 0.1) is 29.0 Å². The molecule has 158 valence electrons. The van der Waals surface area contributed by atoms with Crippen LogP contribution in [0.25, 0.3) is 5.69 Å². The number of aromatic nitrogens is 3. The van der Waals surface area contributed by atoms with Gasteiger partial charge in [-0.2, -0.15) is 18.3 Å². The highest BCUT2D eigenvalue weighted by molar-refractivity contribution is 5.63. The lowest BCUT2D eigenvalue weighted by atomic mass is 10.1. The molecule has 0 fully saturated rings. The predicted molar refractivity (Wildman–Crippen MR) is 109 cm³/mol. The van der Waals surface area contributed by atoms with Crippen LogP contribution in [0.5, 0.6) is 11.6 Å². The van der Waals surface area contributed by atoms with Gasteiger partial charge >= 0.3 is 6.18 Å². The number of alkyl halides is 3. The Labute approximate surface area is 172 Å². The first-order valence-corrected chi connectivity index (χ1v) is 9.31. The van der Waals surface area contributed by atoms with Gasteiger partial charge in [0.15, 0.2) is 0 Å². The zero-order chi connectivity index (χ0) is 21.9. The summed E-state index contributed by atoms with van der Waals surface area (Å²) in [6.07, 6.45) is 0.00876. The third-order valence-corrected chi connectivity index (χ3v) is 4.46. The van der Waals surface area contributed by atoms with E-state index >= 15 is 0 Å². The highest BCUT2D eigenvalue weighted by atomic mass is 19.4. The molecular weight excluding hydrogens is 395 g/mol. The molecule has 9 heteroatoms. The average molecular weight is 417 g/mol. The molecule has 2 aromatic heterocycles. The zero-order valence-corrected chi connectivity index (χ0v) is 17.1. The number of ether oxygens (including phenoxy) is 1. The fourth-order valence-corrected chi connectivity index (χ4v) is 2.67. The highest BCUT2D eigenvalue weighted by Gasteiger charge is 2.35. The molecule has 0 aliphatic heterocycles. The number of benzene rings is 1. The van der Waals surface area contributed by atoms with Gasteiger partial charge in [0, 0.05) is 31.5 Å². The van der Waals surface area contributed by atoms with E-state index in [4.69, 9.17) is 4.74 Å². The van der Waals surface area contributed by atoms with Crippen molar-refractivity contribution in [1.29, 1.82) is 0 Å². The molecule has 0 saturated heterocycles. The maximum Gasteiger partial charge on any atom is 0.418 e. The van der Waals surface area contributed by atoms with Crippen LogP contribution in [0.4, 0.5) is 18.9 Å². The molecule has 0 N–H and O–H groups in total. The Morgan fingerprint density at radius 2 is 2.00 bits per heavy atom. The lowest BCUT2D eigenvalue weighted by Crippen LogP contribution is -2.14. The van der Waals surface area contributed by atoms with Crippen molar-refractivity contribution < 1.29 is 17.9 Å². The van der Waals surface area contributed by atoms with E-state index in [9.17, 15) is 13.2 Å². The van der Waals surface area contributed by atoms with Crippen LogP contribution in [-0.4, -0.2) is 39.6 Å². The Morgan fingerprint density at radius 3 is 2.63 bits per heavy atom. The molecule has 0 aliphatic rings. The molecular formula is C21H22F3N5O. The minimum atomic E-state index is -4.57. The van der Waals surface area contributed by atoms with Crippen LogP contribution in [0.1, 0.15) is 23.7 Å². The van der Waals surface area contributed by atoms with Gasteiger partial charge in [0.1, 0.15) is 5.75 Å². The quantitative estimate of drug-likeness (QED) is 0.403. The first kappa shape index (κ1) is 21.4. The van der Waals surface area contributed by atoms with Gasteiger partial charge in [0.25, 0.3) is 0 Å². The maximum absolute atomic E-state index is 13.6. The lowest BCUT2D eigenvalue weighted by Gasteiger charge is -2.16. The molecule has 0 saturated carbocycles. The molecule has 0 spiro atoms. The largest absolute Gasteiger partial charge is 0.439 e. The minimum Gasteiger partial charge on any atom is -0.439 e. The number of aliphatic imine (C=N–C) groups is 1. The second-order valence-corrected chi connectivity index (χ2v) is 6.76. The third-order valence-electron chi connectivity index (χ3n) is 4.46. The van der Waals surface area contributed by atoms with Gasteiger partial charge in [-0.3, -0.25) is 0 Å². The number of rotatable bonds is 6. The molecule has 30 heavy (non-hydrogen) atoms. The van der Waals surface area contributed by atoms with E-state index in [1.54, 1.807) is 32.3 Å². The summed E-state index contributed by atoms with van der Waals surface area (Å²) < 4.78 is 47.7. The second kappa shape index (κ2) is 8.56. The Hall–Kier alpha value is -3.36. The van der Waals surface area contributed by atoms with E-state index in [0.717, 1.165) is 12.6 Å². The van der Waals surface area contributed by atoms with Crippen molar-refractivity contribution in [2.45, 2.75) is 26.9 Å². The first-order chi connectivity index (χ1) is 14.2. The normalized spacial score (nSPS) is 11.8. The molecule has 6 nitrogen and oxygen atoms in total. The summed E-state index contributed by atoms with van der Waals surface area (Å²) >= 11 is 0. The number of nitrogens with zero attached hydrogens (tertiary/aromatic N) is 5. The Bertz CT molecular complexity index is 1050. The van der Waals surface area contributed by atoms with Crippen molar-refractivity contribution in [2.24, 2.45) is 4.99 Å². The molecule has 3 aromatic rings. The molecule has 2 heterocycles. The maximum atomic E-state index is 13.6. The molecule has 0 aliphatic carbocycles. The zero-order valence-electron chi connectivity index (χ0n) is 17.1. The molecule has 3 rings (SSSR count). The smallest absolute Gasteiger partial charge is 0.418 e. The summed E-state index contributed by atoms with van der Waals surface area (Å²) in [5.41, 5.74) is 1.02.